The zero-order valence-electron chi connectivity index (χ0n) is 8.11. The van der Waals surface area contributed by atoms with E-state index in [2.05, 4.69) is 47.1 Å². The van der Waals surface area contributed by atoms with Crippen LogP contribution >= 0.6 is 31.9 Å². The topological polar surface area (TPSA) is 63.8 Å². The lowest BCUT2D eigenvalue weighted by molar-refractivity contribution is 1.17. The van der Waals surface area contributed by atoms with E-state index >= 15 is 0 Å². The Morgan fingerprint density at radius 3 is 2.44 bits per heavy atom. The van der Waals surface area contributed by atoms with Crippen molar-refractivity contribution in [2.45, 2.75) is 0 Å². The van der Waals surface area contributed by atoms with Crippen LogP contribution in [0.3, 0.4) is 0 Å². The van der Waals surface area contributed by atoms with Gasteiger partial charge in [0.1, 0.15) is 5.82 Å². The minimum absolute atomic E-state index is 0.431. The lowest BCUT2D eigenvalue weighted by atomic mass is 10.3. The molecule has 1 aromatic heterocycles. The molecule has 3 N–H and O–H groups in total. The third-order valence-electron chi connectivity index (χ3n) is 1.88. The van der Waals surface area contributed by atoms with Gasteiger partial charge >= 0.3 is 0 Å². The normalized spacial score (nSPS) is 10.1. The van der Waals surface area contributed by atoms with Crippen LogP contribution in [-0.2, 0) is 0 Å². The Morgan fingerprint density at radius 1 is 1.12 bits per heavy atom. The number of rotatable bonds is 2. The minimum Gasteiger partial charge on any atom is -0.384 e. The highest BCUT2D eigenvalue weighted by molar-refractivity contribution is 9.11. The fourth-order valence-corrected chi connectivity index (χ4v) is 2.36. The summed E-state index contributed by atoms with van der Waals surface area (Å²) in [6.45, 7) is 0. The highest BCUT2D eigenvalue weighted by Gasteiger charge is 2.06. The van der Waals surface area contributed by atoms with Crippen LogP contribution in [0.5, 0.6) is 0 Å². The van der Waals surface area contributed by atoms with Gasteiger partial charge < -0.3 is 11.1 Å². The molecule has 2 rings (SSSR count). The maximum atomic E-state index is 5.57. The van der Waals surface area contributed by atoms with Gasteiger partial charge in [-0.3, -0.25) is 0 Å². The summed E-state index contributed by atoms with van der Waals surface area (Å²) >= 11 is 6.89. The van der Waals surface area contributed by atoms with Crippen LogP contribution in [0.2, 0.25) is 0 Å². The Kier molecular flexibility index (Phi) is 3.40. The van der Waals surface area contributed by atoms with Crippen LogP contribution in [0.4, 0.5) is 17.5 Å². The Labute approximate surface area is 110 Å². The number of para-hydroxylation sites is 1. The number of anilines is 3. The molecule has 0 radical (unpaired) electrons. The number of halogens is 2. The van der Waals surface area contributed by atoms with E-state index in [9.17, 15) is 0 Å². The first kappa shape index (κ1) is 11.3. The van der Waals surface area contributed by atoms with E-state index in [1.54, 1.807) is 12.3 Å². The van der Waals surface area contributed by atoms with E-state index in [4.69, 9.17) is 5.73 Å². The number of hydrogen-bond acceptors (Lipinski definition) is 4. The lowest BCUT2D eigenvalue weighted by Crippen LogP contribution is -2.00. The number of nitrogens with two attached hydrogens (primary N) is 1. The molecule has 1 aromatic carbocycles. The second-order valence-corrected chi connectivity index (χ2v) is 4.74. The highest BCUT2D eigenvalue weighted by Crippen LogP contribution is 2.32. The van der Waals surface area contributed by atoms with Crippen LogP contribution in [-0.4, -0.2) is 9.97 Å². The van der Waals surface area contributed by atoms with Crippen molar-refractivity contribution in [2.24, 2.45) is 0 Å². The third-order valence-corrected chi connectivity index (χ3v) is 3.20. The van der Waals surface area contributed by atoms with Gasteiger partial charge in [-0.05, 0) is 50.1 Å². The molecule has 0 saturated heterocycles. The summed E-state index contributed by atoms with van der Waals surface area (Å²) in [5, 5.41) is 3.09. The molecule has 0 aliphatic heterocycles. The van der Waals surface area contributed by atoms with Crippen LogP contribution < -0.4 is 11.1 Å². The number of nitrogens with one attached hydrogen (secondary N) is 1. The van der Waals surface area contributed by atoms with E-state index in [0.29, 0.717) is 11.8 Å². The summed E-state index contributed by atoms with van der Waals surface area (Å²) in [7, 11) is 0. The van der Waals surface area contributed by atoms with Gasteiger partial charge in [0, 0.05) is 15.1 Å². The largest absolute Gasteiger partial charge is 0.384 e. The minimum atomic E-state index is 0.431. The first-order chi connectivity index (χ1) is 7.66. The second-order valence-electron chi connectivity index (χ2n) is 3.03. The van der Waals surface area contributed by atoms with Gasteiger partial charge in [0.2, 0.25) is 5.95 Å². The van der Waals surface area contributed by atoms with Crippen molar-refractivity contribution in [2.75, 3.05) is 11.1 Å². The van der Waals surface area contributed by atoms with Gasteiger partial charge in [-0.25, -0.2) is 4.98 Å². The van der Waals surface area contributed by atoms with Crippen molar-refractivity contribution in [3.8, 4) is 0 Å². The van der Waals surface area contributed by atoms with Gasteiger partial charge in [0.15, 0.2) is 0 Å². The summed E-state index contributed by atoms with van der Waals surface area (Å²) < 4.78 is 1.85. The first-order valence-electron chi connectivity index (χ1n) is 4.46. The van der Waals surface area contributed by atoms with Gasteiger partial charge in [0.25, 0.3) is 0 Å². The summed E-state index contributed by atoms with van der Waals surface area (Å²) in [4.78, 5) is 8.14. The maximum Gasteiger partial charge on any atom is 0.229 e. The average Bonchev–Trinajstić information content (AvgIpc) is 2.24. The molecular formula is C10H8Br2N4. The van der Waals surface area contributed by atoms with E-state index in [1.165, 1.54) is 0 Å². The van der Waals surface area contributed by atoms with Crippen molar-refractivity contribution >= 4 is 49.3 Å². The Hall–Kier alpha value is -1.14. The molecule has 1 heterocycles. The second kappa shape index (κ2) is 4.80. The number of benzene rings is 1. The van der Waals surface area contributed by atoms with Gasteiger partial charge in [-0.15, -0.1) is 0 Å². The third kappa shape index (κ3) is 2.51. The van der Waals surface area contributed by atoms with Crippen LogP contribution in [0.25, 0.3) is 0 Å². The zero-order chi connectivity index (χ0) is 11.5. The summed E-state index contributed by atoms with van der Waals surface area (Å²) in [6, 6.07) is 7.43. The molecule has 0 unspecified atom stereocenters. The highest BCUT2D eigenvalue weighted by atomic mass is 79.9. The van der Waals surface area contributed by atoms with Crippen molar-refractivity contribution in [3.63, 3.8) is 0 Å². The molecular weight excluding hydrogens is 336 g/mol. The number of aromatic nitrogens is 2. The molecule has 0 aliphatic rings. The molecule has 0 spiro atoms. The van der Waals surface area contributed by atoms with E-state index in [-0.39, 0.29) is 0 Å². The quantitative estimate of drug-likeness (QED) is 0.877. The summed E-state index contributed by atoms with van der Waals surface area (Å²) in [5.74, 6) is 0.897. The van der Waals surface area contributed by atoms with Crippen LogP contribution in [0.1, 0.15) is 0 Å². The smallest absolute Gasteiger partial charge is 0.229 e. The molecule has 2 aromatic rings. The fourth-order valence-electron chi connectivity index (χ4n) is 1.16. The van der Waals surface area contributed by atoms with Crippen molar-refractivity contribution in [1.29, 1.82) is 0 Å². The molecule has 0 aliphatic carbocycles. The maximum absolute atomic E-state index is 5.57. The summed E-state index contributed by atoms with van der Waals surface area (Å²) in [5.41, 5.74) is 6.44. The Balaban J connectivity index is 2.34. The molecule has 82 valence electrons. The molecule has 0 saturated carbocycles. The predicted octanol–water partition coefficient (Wildman–Crippen LogP) is 3.33. The summed E-state index contributed by atoms with van der Waals surface area (Å²) in [6.07, 6.45) is 1.61. The number of nitrogens with zero attached hydrogens (tertiary/aromatic N) is 2. The monoisotopic (exact) mass is 342 g/mol. The fraction of sp³-hybridized carbons (Fsp3) is 0. The molecule has 16 heavy (non-hydrogen) atoms. The van der Waals surface area contributed by atoms with Crippen LogP contribution in [0, 0.1) is 0 Å². The standard InChI is InChI=1S/C10H8Br2N4/c11-6-2-1-3-7(12)9(6)16-10-14-5-4-8(13)15-10/h1-5H,(H3,13,14,15,16). The van der Waals surface area contributed by atoms with Gasteiger partial charge in [-0.2, -0.15) is 4.98 Å². The molecule has 4 nitrogen and oxygen atoms in total. The average molecular weight is 344 g/mol. The van der Waals surface area contributed by atoms with E-state index in [0.717, 1.165) is 14.6 Å². The Bertz CT molecular complexity index is 496. The van der Waals surface area contributed by atoms with Crippen molar-refractivity contribution in [1.82, 2.24) is 9.97 Å². The molecule has 0 atom stereocenters. The van der Waals surface area contributed by atoms with Crippen molar-refractivity contribution in [3.05, 3.63) is 39.4 Å². The molecule has 0 fully saturated rings. The SMILES string of the molecule is Nc1ccnc(Nc2c(Br)cccc2Br)n1. The molecule has 6 heteroatoms. The van der Waals surface area contributed by atoms with E-state index in [1.807, 2.05) is 18.2 Å². The van der Waals surface area contributed by atoms with Gasteiger partial charge in [0.05, 0.1) is 5.69 Å². The predicted molar refractivity (Wildman–Crippen MR) is 71.6 cm³/mol. The van der Waals surface area contributed by atoms with Gasteiger partial charge in [-0.1, -0.05) is 6.07 Å². The lowest BCUT2D eigenvalue weighted by Gasteiger charge is -2.08. The number of nitrogen functional groups attached to an aromatic ring is 1. The molecule has 0 amide bonds. The zero-order valence-corrected chi connectivity index (χ0v) is 11.3. The van der Waals surface area contributed by atoms with Crippen molar-refractivity contribution < 1.29 is 0 Å². The first-order valence-corrected chi connectivity index (χ1v) is 6.05. The Morgan fingerprint density at radius 2 is 1.81 bits per heavy atom. The molecule has 0 bridgehead atoms. The number of hydrogen-bond donors (Lipinski definition) is 2. The van der Waals surface area contributed by atoms with E-state index < -0.39 is 0 Å². The van der Waals surface area contributed by atoms with Crippen LogP contribution in [0.15, 0.2) is 39.4 Å².